The minimum absolute atomic E-state index is 0.0152. The molecule has 5 aromatic rings. The van der Waals surface area contributed by atoms with E-state index in [1.54, 1.807) is 54.6 Å². The first-order valence-corrected chi connectivity index (χ1v) is 19.4. The third-order valence-electron chi connectivity index (χ3n) is 12.4. The van der Waals surface area contributed by atoms with Crippen molar-refractivity contribution in [1.82, 2.24) is 0 Å². The number of hydrogen-bond donors (Lipinski definition) is 1. The summed E-state index contributed by atoms with van der Waals surface area (Å²) in [5.41, 5.74) is 3.06. The number of imide groups is 1. The predicted octanol–water partition coefficient (Wildman–Crippen LogP) is 7.32. The van der Waals surface area contributed by atoms with Crippen LogP contribution in [0, 0.1) is 23.7 Å². The lowest BCUT2D eigenvalue weighted by Gasteiger charge is -2.55. The van der Waals surface area contributed by atoms with Crippen LogP contribution in [0.1, 0.15) is 51.4 Å². The maximum atomic E-state index is 15.3. The molecule has 0 radical (unpaired) electrons. The topological polar surface area (TPSA) is 118 Å². The minimum atomic E-state index is -1.41. The number of carbonyl (C=O) groups is 5. The number of amides is 2. The van der Waals surface area contributed by atoms with E-state index in [1.165, 1.54) is 11.0 Å². The van der Waals surface area contributed by atoms with Crippen molar-refractivity contribution in [2.75, 3.05) is 18.1 Å². The van der Waals surface area contributed by atoms with Gasteiger partial charge in [0.25, 0.3) is 0 Å². The van der Waals surface area contributed by atoms with Gasteiger partial charge >= 0.3 is 0 Å². The molecule has 8 nitrogen and oxygen atoms in total. The highest BCUT2D eigenvalue weighted by Gasteiger charge is 2.66. The first-order chi connectivity index (χ1) is 27.8. The Morgan fingerprint density at radius 3 is 2.05 bits per heavy atom. The Balaban J connectivity index is 1.18. The lowest BCUT2D eigenvalue weighted by atomic mass is 9.44. The number of benzene rings is 5. The number of ether oxygens (including phenoxy) is 1. The van der Waals surface area contributed by atoms with E-state index in [0.717, 1.165) is 5.57 Å². The molecular weight excluding hydrogens is 715 g/mol. The maximum Gasteiger partial charge on any atom is 0.238 e. The van der Waals surface area contributed by atoms with Gasteiger partial charge in [-0.1, -0.05) is 121 Å². The fraction of sp³-hybridized carbons (Fsp3) is 0.204. The van der Waals surface area contributed by atoms with Crippen LogP contribution < -0.4 is 9.64 Å². The smallest absolute Gasteiger partial charge is 0.238 e. The number of nitrogens with zero attached hydrogens (tertiary/aromatic N) is 1. The third-order valence-corrected chi connectivity index (χ3v) is 12.4. The second-order valence-corrected chi connectivity index (χ2v) is 15.2. The van der Waals surface area contributed by atoms with Gasteiger partial charge in [-0.15, -0.1) is 0 Å². The van der Waals surface area contributed by atoms with E-state index in [4.69, 9.17) is 4.74 Å². The molecule has 1 N–H and O–H groups in total. The number of fused-ring (bicyclic) bond motifs is 4. The van der Waals surface area contributed by atoms with Crippen LogP contribution in [0.4, 0.5) is 5.69 Å². The maximum absolute atomic E-state index is 15.3. The lowest BCUT2D eigenvalue weighted by Crippen LogP contribution is -2.58. The Labute approximate surface area is 330 Å². The fourth-order valence-electron chi connectivity index (χ4n) is 10.00. The summed E-state index contributed by atoms with van der Waals surface area (Å²) < 4.78 is 6.14. The van der Waals surface area contributed by atoms with Gasteiger partial charge in [0.05, 0.1) is 29.5 Å². The van der Waals surface area contributed by atoms with E-state index in [-0.39, 0.29) is 55.2 Å². The standard InChI is InChI=1S/C49H39NO7/c51-26-27-57-41-19-11-10-18-36(41)44-35-24-25-37-43(48(56)50(47(37)55)34-22-20-32(21-23-34)45(53)31-14-6-2-7-15-31)39(35)28-40-46(54)38(30-12-4-1-5-13-30)29-42(52)49(40,44)33-16-8-3-9-17-33/h1-24,29,37,39-40,43-44,51H,25-28H2/t37-,39+,40-,43-,44+,49-/m0/s1. The molecule has 57 heavy (non-hydrogen) atoms. The van der Waals surface area contributed by atoms with Gasteiger partial charge in [0.2, 0.25) is 11.8 Å². The van der Waals surface area contributed by atoms with E-state index < -0.39 is 35.0 Å². The summed E-state index contributed by atoms with van der Waals surface area (Å²) in [5, 5.41) is 9.78. The van der Waals surface area contributed by atoms with Crippen LogP contribution in [0.25, 0.3) is 5.57 Å². The van der Waals surface area contributed by atoms with Crippen LogP contribution in [-0.2, 0) is 24.6 Å². The Kier molecular flexibility index (Phi) is 9.21. The summed E-state index contributed by atoms with van der Waals surface area (Å²) in [6.45, 7) is -0.212. The van der Waals surface area contributed by atoms with E-state index in [0.29, 0.717) is 44.8 Å². The number of para-hydroxylation sites is 1. The highest BCUT2D eigenvalue weighted by Crippen LogP contribution is 2.64. The number of hydrogen-bond acceptors (Lipinski definition) is 7. The van der Waals surface area contributed by atoms with Gasteiger partial charge in [-0.2, -0.15) is 0 Å². The first kappa shape index (κ1) is 36.1. The lowest BCUT2D eigenvalue weighted by molar-refractivity contribution is -0.135. The van der Waals surface area contributed by atoms with Crippen LogP contribution >= 0.6 is 0 Å². The molecule has 3 aliphatic carbocycles. The summed E-state index contributed by atoms with van der Waals surface area (Å²) in [6.07, 6.45) is 3.95. The quantitative estimate of drug-likeness (QED) is 0.0953. The molecule has 0 bridgehead atoms. The summed E-state index contributed by atoms with van der Waals surface area (Å²) in [5.74, 6) is -4.50. The van der Waals surface area contributed by atoms with Crippen LogP contribution in [0.2, 0.25) is 0 Å². The number of anilines is 1. The Hall–Kier alpha value is -6.51. The van der Waals surface area contributed by atoms with Crippen molar-refractivity contribution in [1.29, 1.82) is 0 Å². The molecule has 1 saturated heterocycles. The summed E-state index contributed by atoms with van der Waals surface area (Å²) in [4.78, 5) is 74.1. The molecule has 1 aliphatic heterocycles. The molecule has 2 amide bonds. The summed E-state index contributed by atoms with van der Waals surface area (Å²) in [7, 11) is 0. The van der Waals surface area contributed by atoms with Crippen molar-refractivity contribution in [3.05, 3.63) is 185 Å². The molecule has 4 aliphatic rings. The third kappa shape index (κ3) is 5.74. The zero-order valence-corrected chi connectivity index (χ0v) is 31.0. The highest BCUT2D eigenvalue weighted by atomic mass is 16.5. The monoisotopic (exact) mass is 753 g/mol. The number of allylic oxidation sites excluding steroid dienone is 4. The van der Waals surface area contributed by atoms with Gasteiger partial charge in [0.1, 0.15) is 12.4 Å². The van der Waals surface area contributed by atoms with Crippen molar-refractivity contribution in [3.8, 4) is 5.75 Å². The minimum Gasteiger partial charge on any atom is -0.491 e. The molecule has 8 heteroatoms. The number of aliphatic hydroxyl groups is 1. The van der Waals surface area contributed by atoms with Gasteiger partial charge in [0, 0.05) is 34.1 Å². The van der Waals surface area contributed by atoms with Gasteiger partial charge in [0.15, 0.2) is 17.3 Å². The van der Waals surface area contributed by atoms with E-state index >= 15 is 9.59 Å². The largest absolute Gasteiger partial charge is 0.491 e. The second kappa shape index (κ2) is 14.5. The SMILES string of the molecule is O=C(c1ccccc1)c1ccc(N2C(=O)[C@H]3[C@H](CC=C4[C@H]3C[C@H]3C(=O)C(c5ccccc5)=CC(=O)[C@@]3(c3ccccc3)[C@H]4c3ccccc3OCCO)C2=O)cc1. The van der Waals surface area contributed by atoms with Crippen LogP contribution in [0.15, 0.2) is 157 Å². The zero-order valence-electron chi connectivity index (χ0n) is 31.0. The second-order valence-electron chi connectivity index (χ2n) is 15.2. The average Bonchev–Trinajstić information content (AvgIpc) is 3.52. The number of Topliss-reactive ketones (excluding diaryl/α,β-unsaturated/α-hetero) is 1. The average molecular weight is 754 g/mol. The Bertz CT molecular complexity index is 2470. The van der Waals surface area contributed by atoms with Crippen LogP contribution in [-0.4, -0.2) is 47.5 Å². The molecule has 0 unspecified atom stereocenters. The predicted molar refractivity (Wildman–Crippen MR) is 214 cm³/mol. The van der Waals surface area contributed by atoms with Gasteiger partial charge < -0.3 is 9.84 Å². The molecular formula is C49H39NO7. The highest BCUT2D eigenvalue weighted by molar-refractivity contribution is 6.32. The van der Waals surface area contributed by atoms with Gasteiger partial charge in [-0.25, -0.2) is 0 Å². The number of aliphatic hydroxyl groups excluding tert-OH is 1. The normalized spacial score (nSPS) is 25.2. The molecule has 0 spiro atoms. The van der Waals surface area contributed by atoms with Gasteiger partial charge in [-0.05, 0) is 66.3 Å². The van der Waals surface area contributed by atoms with E-state index in [9.17, 15) is 19.5 Å². The summed E-state index contributed by atoms with van der Waals surface area (Å²) >= 11 is 0. The molecule has 1 heterocycles. The number of rotatable bonds is 9. The van der Waals surface area contributed by atoms with Crippen molar-refractivity contribution in [2.24, 2.45) is 23.7 Å². The van der Waals surface area contributed by atoms with Gasteiger partial charge in [-0.3, -0.25) is 28.9 Å². The molecule has 6 atom stereocenters. The van der Waals surface area contributed by atoms with Crippen LogP contribution in [0.3, 0.4) is 0 Å². The molecule has 1 saturated carbocycles. The number of carbonyl (C=O) groups excluding carboxylic acids is 5. The van der Waals surface area contributed by atoms with Crippen molar-refractivity contribution < 1.29 is 33.8 Å². The number of ketones is 3. The molecule has 2 fully saturated rings. The summed E-state index contributed by atoms with van der Waals surface area (Å²) in [6, 6.07) is 41.4. The van der Waals surface area contributed by atoms with Crippen molar-refractivity contribution in [3.63, 3.8) is 0 Å². The van der Waals surface area contributed by atoms with E-state index in [1.807, 2.05) is 91.0 Å². The first-order valence-electron chi connectivity index (χ1n) is 19.4. The fourth-order valence-corrected chi connectivity index (χ4v) is 10.00. The van der Waals surface area contributed by atoms with Crippen LogP contribution in [0.5, 0.6) is 5.75 Å². The van der Waals surface area contributed by atoms with E-state index in [2.05, 4.69) is 0 Å². The molecule has 282 valence electrons. The van der Waals surface area contributed by atoms with Crippen molar-refractivity contribution >= 4 is 40.4 Å². The molecule has 0 aromatic heterocycles. The van der Waals surface area contributed by atoms with Crippen molar-refractivity contribution in [2.45, 2.75) is 24.2 Å². The molecule has 5 aromatic carbocycles. The Morgan fingerprint density at radius 1 is 0.719 bits per heavy atom. The zero-order chi connectivity index (χ0) is 39.3. The Morgan fingerprint density at radius 2 is 1.35 bits per heavy atom. The molecule has 9 rings (SSSR count).